The second-order valence-electron chi connectivity index (χ2n) is 7.59. The summed E-state index contributed by atoms with van der Waals surface area (Å²) in [4.78, 5) is 5.43. The summed E-state index contributed by atoms with van der Waals surface area (Å²) >= 11 is 0. The number of nitrogens with two attached hydrogens (primary N) is 1. The molecule has 0 radical (unpaired) electrons. The maximum atomic E-state index is 6.27. The molecule has 0 aromatic rings. The van der Waals surface area contributed by atoms with Crippen LogP contribution in [0.4, 0.5) is 0 Å². The highest BCUT2D eigenvalue weighted by Gasteiger charge is 2.45. The van der Waals surface area contributed by atoms with Gasteiger partial charge in [0.05, 0.1) is 5.60 Å². The van der Waals surface area contributed by atoms with Crippen molar-refractivity contribution in [2.75, 3.05) is 39.3 Å². The Balaban J connectivity index is 1.77. The van der Waals surface area contributed by atoms with Crippen LogP contribution in [0.3, 0.4) is 0 Å². The van der Waals surface area contributed by atoms with E-state index in [0.717, 1.165) is 32.0 Å². The van der Waals surface area contributed by atoms with Crippen LogP contribution in [-0.2, 0) is 4.74 Å². The first kappa shape index (κ1) is 14.8. The molecule has 0 bridgehead atoms. The van der Waals surface area contributed by atoms with Gasteiger partial charge in [0.2, 0.25) is 0 Å². The molecule has 3 saturated heterocycles. The number of hydrogen-bond donors (Lipinski definition) is 1. The maximum Gasteiger partial charge on any atom is 0.0644 e. The third kappa shape index (κ3) is 2.76. The summed E-state index contributed by atoms with van der Waals surface area (Å²) in [7, 11) is 0. The van der Waals surface area contributed by atoms with Gasteiger partial charge < -0.3 is 10.5 Å². The summed E-state index contributed by atoms with van der Waals surface area (Å²) in [5, 5.41) is 0. The SMILES string of the molecule is CC1(C)CC(CN)(N2CCCN3CCCC3C2)CCO1. The zero-order valence-corrected chi connectivity index (χ0v) is 13.2. The lowest BCUT2D eigenvalue weighted by atomic mass is 9.79. The van der Waals surface area contributed by atoms with E-state index >= 15 is 0 Å². The molecule has 3 rings (SSSR count). The second kappa shape index (κ2) is 5.56. The molecule has 3 aliphatic rings. The lowest BCUT2D eigenvalue weighted by molar-refractivity contribution is -0.118. The van der Waals surface area contributed by atoms with Crippen molar-refractivity contribution >= 4 is 0 Å². The van der Waals surface area contributed by atoms with Crippen molar-refractivity contribution in [3.63, 3.8) is 0 Å². The zero-order chi connectivity index (χ0) is 14.2. The maximum absolute atomic E-state index is 6.27. The van der Waals surface area contributed by atoms with E-state index < -0.39 is 0 Å². The topological polar surface area (TPSA) is 41.7 Å². The fourth-order valence-electron chi connectivity index (χ4n) is 4.66. The summed E-state index contributed by atoms with van der Waals surface area (Å²) in [5.74, 6) is 0. The van der Waals surface area contributed by atoms with Gasteiger partial charge in [-0.05, 0) is 59.0 Å². The molecule has 0 amide bonds. The standard InChI is InChI=1S/C16H31N3O/c1-15(2)12-16(13-17,6-10-20-15)19-9-4-8-18-7-3-5-14(18)11-19/h14H,3-13,17H2,1-2H3. The first-order valence-corrected chi connectivity index (χ1v) is 8.38. The summed E-state index contributed by atoms with van der Waals surface area (Å²) in [6.45, 7) is 11.1. The van der Waals surface area contributed by atoms with E-state index in [0.29, 0.717) is 0 Å². The molecule has 3 heterocycles. The average molecular weight is 281 g/mol. The molecule has 20 heavy (non-hydrogen) atoms. The highest BCUT2D eigenvalue weighted by atomic mass is 16.5. The van der Waals surface area contributed by atoms with Crippen LogP contribution in [-0.4, -0.2) is 66.3 Å². The van der Waals surface area contributed by atoms with Crippen molar-refractivity contribution < 1.29 is 4.74 Å². The van der Waals surface area contributed by atoms with Gasteiger partial charge in [0.1, 0.15) is 0 Å². The van der Waals surface area contributed by atoms with Crippen molar-refractivity contribution in [3.8, 4) is 0 Å². The Morgan fingerprint density at radius 3 is 2.75 bits per heavy atom. The third-order valence-corrected chi connectivity index (χ3v) is 5.67. The monoisotopic (exact) mass is 281 g/mol. The van der Waals surface area contributed by atoms with E-state index in [1.54, 1.807) is 0 Å². The molecule has 0 spiro atoms. The van der Waals surface area contributed by atoms with Gasteiger partial charge in [-0.15, -0.1) is 0 Å². The van der Waals surface area contributed by atoms with Crippen molar-refractivity contribution in [1.82, 2.24) is 9.80 Å². The average Bonchev–Trinajstić information content (AvgIpc) is 2.74. The Kier molecular flexibility index (Phi) is 4.10. The van der Waals surface area contributed by atoms with Crippen LogP contribution >= 0.6 is 0 Å². The van der Waals surface area contributed by atoms with Crippen molar-refractivity contribution in [2.24, 2.45) is 5.73 Å². The number of nitrogens with zero attached hydrogens (tertiary/aromatic N) is 2. The first-order chi connectivity index (χ1) is 9.55. The van der Waals surface area contributed by atoms with Gasteiger partial charge >= 0.3 is 0 Å². The molecule has 0 saturated carbocycles. The molecule has 4 nitrogen and oxygen atoms in total. The van der Waals surface area contributed by atoms with Gasteiger partial charge in [-0.3, -0.25) is 9.80 Å². The number of hydrogen-bond acceptors (Lipinski definition) is 4. The quantitative estimate of drug-likeness (QED) is 0.832. The molecule has 116 valence electrons. The summed E-state index contributed by atoms with van der Waals surface area (Å²) in [6, 6.07) is 0.770. The largest absolute Gasteiger partial charge is 0.375 e. The minimum Gasteiger partial charge on any atom is -0.375 e. The normalized spacial score (nSPS) is 39.5. The fraction of sp³-hybridized carbons (Fsp3) is 1.00. The predicted molar refractivity (Wildman–Crippen MR) is 81.8 cm³/mol. The molecule has 2 unspecified atom stereocenters. The lowest BCUT2D eigenvalue weighted by Gasteiger charge is -2.51. The molecule has 2 N–H and O–H groups in total. The van der Waals surface area contributed by atoms with Gasteiger partial charge in [0, 0.05) is 37.8 Å². The molecule has 0 aromatic heterocycles. The number of fused-ring (bicyclic) bond motifs is 1. The highest BCUT2D eigenvalue weighted by Crippen LogP contribution is 2.37. The molecule has 0 aromatic carbocycles. The Morgan fingerprint density at radius 2 is 2.00 bits per heavy atom. The molecular weight excluding hydrogens is 250 g/mol. The Labute approximate surface area is 123 Å². The third-order valence-electron chi connectivity index (χ3n) is 5.67. The van der Waals surface area contributed by atoms with Crippen LogP contribution in [0, 0.1) is 0 Å². The summed E-state index contributed by atoms with van der Waals surface area (Å²) in [5.41, 5.74) is 6.41. The van der Waals surface area contributed by atoms with E-state index in [4.69, 9.17) is 10.5 Å². The van der Waals surface area contributed by atoms with E-state index in [1.165, 1.54) is 45.4 Å². The fourth-order valence-corrected chi connectivity index (χ4v) is 4.66. The minimum absolute atomic E-state index is 0.0285. The van der Waals surface area contributed by atoms with E-state index in [1.807, 2.05) is 0 Å². The van der Waals surface area contributed by atoms with Gasteiger partial charge in [0.15, 0.2) is 0 Å². The molecule has 4 heteroatoms. The number of ether oxygens (including phenoxy) is 1. The first-order valence-electron chi connectivity index (χ1n) is 8.38. The zero-order valence-electron chi connectivity index (χ0n) is 13.2. The Hall–Kier alpha value is -0.160. The van der Waals surface area contributed by atoms with Gasteiger partial charge in [-0.2, -0.15) is 0 Å². The van der Waals surface area contributed by atoms with E-state index in [9.17, 15) is 0 Å². The van der Waals surface area contributed by atoms with Crippen LogP contribution in [0.25, 0.3) is 0 Å². The summed E-state index contributed by atoms with van der Waals surface area (Å²) < 4.78 is 5.94. The smallest absolute Gasteiger partial charge is 0.0644 e. The lowest BCUT2D eigenvalue weighted by Crippen LogP contribution is -2.61. The van der Waals surface area contributed by atoms with Crippen LogP contribution in [0.15, 0.2) is 0 Å². The molecule has 2 atom stereocenters. The minimum atomic E-state index is -0.0285. The Morgan fingerprint density at radius 1 is 1.20 bits per heavy atom. The van der Waals surface area contributed by atoms with Gasteiger partial charge in [-0.25, -0.2) is 0 Å². The predicted octanol–water partition coefficient (Wildman–Crippen LogP) is 1.44. The molecule has 0 aliphatic carbocycles. The Bertz CT molecular complexity index is 347. The van der Waals surface area contributed by atoms with Crippen molar-refractivity contribution in [3.05, 3.63) is 0 Å². The van der Waals surface area contributed by atoms with Crippen LogP contribution in [0.1, 0.15) is 46.0 Å². The van der Waals surface area contributed by atoms with Crippen molar-refractivity contribution in [2.45, 2.75) is 63.1 Å². The van der Waals surface area contributed by atoms with Crippen LogP contribution in [0.2, 0.25) is 0 Å². The van der Waals surface area contributed by atoms with E-state index in [-0.39, 0.29) is 11.1 Å². The van der Waals surface area contributed by atoms with E-state index in [2.05, 4.69) is 23.6 Å². The number of rotatable bonds is 2. The van der Waals surface area contributed by atoms with Crippen LogP contribution < -0.4 is 5.73 Å². The van der Waals surface area contributed by atoms with Gasteiger partial charge in [0.25, 0.3) is 0 Å². The molecule has 3 aliphatic heterocycles. The molecular formula is C16H31N3O. The molecule has 3 fully saturated rings. The second-order valence-corrected chi connectivity index (χ2v) is 7.59. The van der Waals surface area contributed by atoms with Crippen LogP contribution in [0.5, 0.6) is 0 Å². The summed E-state index contributed by atoms with van der Waals surface area (Å²) in [6.07, 6.45) is 6.21. The van der Waals surface area contributed by atoms with Gasteiger partial charge in [-0.1, -0.05) is 0 Å². The van der Waals surface area contributed by atoms with Crippen molar-refractivity contribution in [1.29, 1.82) is 0 Å². The highest BCUT2D eigenvalue weighted by molar-refractivity contribution is 5.01.